The van der Waals surface area contributed by atoms with Crippen LogP contribution in [0.3, 0.4) is 0 Å². The third kappa shape index (κ3) is 3.82. The van der Waals surface area contributed by atoms with Crippen LogP contribution in [0.15, 0.2) is 36.4 Å². The van der Waals surface area contributed by atoms with Crippen LogP contribution >= 0.6 is 0 Å². The van der Waals surface area contributed by atoms with Gasteiger partial charge in [-0.1, -0.05) is 6.07 Å². The molecular weight excluding hydrogens is 274 g/mol. The summed E-state index contributed by atoms with van der Waals surface area (Å²) >= 11 is 0. The molecule has 0 atom stereocenters. The number of hydrogen-bond acceptors (Lipinski definition) is 6. The normalized spacial score (nSPS) is 10.0. The fourth-order valence-corrected chi connectivity index (χ4v) is 1.71. The Balaban J connectivity index is 2.31. The van der Waals surface area contributed by atoms with Crippen LogP contribution in [-0.2, 0) is 0 Å². The van der Waals surface area contributed by atoms with Crippen molar-refractivity contribution in [3.63, 3.8) is 0 Å². The molecule has 2 aromatic rings. The van der Waals surface area contributed by atoms with Crippen LogP contribution in [0.1, 0.15) is 6.92 Å². The van der Waals surface area contributed by atoms with Crippen molar-refractivity contribution in [1.29, 1.82) is 0 Å². The lowest BCUT2D eigenvalue weighted by Gasteiger charge is -2.08. The maximum absolute atomic E-state index is 10.9. The molecule has 7 heteroatoms. The van der Waals surface area contributed by atoms with Gasteiger partial charge in [-0.15, -0.1) is 0 Å². The smallest absolute Gasteiger partial charge is 0.278 e. The molecule has 0 bridgehead atoms. The summed E-state index contributed by atoms with van der Waals surface area (Å²) in [5, 5.41) is 13.9. The van der Waals surface area contributed by atoms with Crippen molar-refractivity contribution in [3.05, 3.63) is 46.5 Å². The molecule has 0 aliphatic rings. The van der Waals surface area contributed by atoms with Gasteiger partial charge >= 0.3 is 0 Å². The number of pyridine rings is 1. The van der Waals surface area contributed by atoms with Crippen molar-refractivity contribution in [2.24, 2.45) is 0 Å². The summed E-state index contributed by atoms with van der Waals surface area (Å²) in [5.41, 5.74) is -0.0844. The Labute approximate surface area is 121 Å². The SMILES string of the molecule is CCNc1cc([N+](=O)[O-])cc(Oc2cccc(OC)c2)n1. The third-order valence-corrected chi connectivity index (χ3v) is 2.62. The van der Waals surface area contributed by atoms with Crippen LogP contribution in [0.4, 0.5) is 11.5 Å². The Morgan fingerprint density at radius 2 is 2.05 bits per heavy atom. The maximum Gasteiger partial charge on any atom is 0.278 e. The number of anilines is 1. The zero-order valence-electron chi connectivity index (χ0n) is 11.7. The Kier molecular flexibility index (Phi) is 4.55. The molecule has 0 aliphatic carbocycles. The number of nitrogens with one attached hydrogen (secondary N) is 1. The molecule has 0 aliphatic heterocycles. The minimum Gasteiger partial charge on any atom is -0.497 e. The Hall–Kier alpha value is -2.83. The van der Waals surface area contributed by atoms with E-state index in [1.807, 2.05) is 6.92 Å². The van der Waals surface area contributed by atoms with Gasteiger partial charge in [0.15, 0.2) is 0 Å². The fourth-order valence-electron chi connectivity index (χ4n) is 1.71. The lowest BCUT2D eigenvalue weighted by molar-refractivity contribution is -0.384. The number of hydrogen-bond donors (Lipinski definition) is 1. The van der Waals surface area contributed by atoms with Gasteiger partial charge in [0.05, 0.1) is 24.2 Å². The summed E-state index contributed by atoms with van der Waals surface area (Å²) < 4.78 is 10.7. The molecule has 0 unspecified atom stereocenters. The van der Waals surface area contributed by atoms with Gasteiger partial charge in [0.25, 0.3) is 5.69 Å². The van der Waals surface area contributed by atoms with Gasteiger partial charge in [-0.25, -0.2) is 0 Å². The summed E-state index contributed by atoms with van der Waals surface area (Å²) in [6.07, 6.45) is 0. The van der Waals surface area contributed by atoms with Gasteiger partial charge in [-0.2, -0.15) is 4.98 Å². The van der Waals surface area contributed by atoms with E-state index in [-0.39, 0.29) is 11.6 Å². The first-order valence-corrected chi connectivity index (χ1v) is 6.34. The van der Waals surface area contributed by atoms with E-state index >= 15 is 0 Å². The van der Waals surface area contributed by atoms with E-state index in [4.69, 9.17) is 9.47 Å². The van der Waals surface area contributed by atoms with Gasteiger partial charge in [-0.3, -0.25) is 10.1 Å². The highest BCUT2D eigenvalue weighted by atomic mass is 16.6. The third-order valence-electron chi connectivity index (χ3n) is 2.62. The van der Waals surface area contributed by atoms with E-state index in [0.717, 1.165) is 0 Å². The molecule has 1 N–H and O–H groups in total. The van der Waals surface area contributed by atoms with Crippen LogP contribution in [0.2, 0.25) is 0 Å². The van der Waals surface area contributed by atoms with Crippen molar-refractivity contribution >= 4 is 11.5 Å². The lowest BCUT2D eigenvalue weighted by atomic mass is 10.3. The lowest BCUT2D eigenvalue weighted by Crippen LogP contribution is -2.02. The largest absolute Gasteiger partial charge is 0.497 e. The number of benzene rings is 1. The monoisotopic (exact) mass is 289 g/mol. The predicted octanol–water partition coefficient (Wildman–Crippen LogP) is 3.22. The van der Waals surface area contributed by atoms with E-state index < -0.39 is 4.92 Å². The molecule has 0 fully saturated rings. The van der Waals surface area contributed by atoms with Gasteiger partial charge < -0.3 is 14.8 Å². The minimum absolute atomic E-state index is 0.0844. The van der Waals surface area contributed by atoms with Crippen LogP contribution in [0, 0.1) is 10.1 Å². The molecule has 110 valence electrons. The zero-order valence-corrected chi connectivity index (χ0v) is 11.7. The van der Waals surface area contributed by atoms with Crippen molar-refractivity contribution in [3.8, 4) is 17.4 Å². The number of rotatable bonds is 6. The van der Waals surface area contributed by atoms with Gasteiger partial charge in [0, 0.05) is 12.6 Å². The molecule has 0 saturated heterocycles. The standard InChI is InChI=1S/C14H15N3O4/c1-3-15-13-7-10(17(18)19)8-14(16-13)21-12-6-4-5-11(9-12)20-2/h4-9H,3H2,1-2H3,(H,15,16). The Morgan fingerprint density at radius 1 is 1.29 bits per heavy atom. The second-order valence-electron chi connectivity index (χ2n) is 4.12. The second kappa shape index (κ2) is 6.56. The molecule has 7 nitrogen and oxygen atoms in total. The molecule has 0 saturated carbocycles. The second-order valence-corrected chi connectivity index (χ2v) is 4.12. The van der Waals surface area contributed by atoms with E-state index in [1.54, 1.807) is 31.4 Å². The zero-order chi connectivity index (χ0) is 15.2. The molecule has 1 aromatic carbocycles. The van der Waals surface area contributed by atoms with E-state index in [2.05, 4.69) is 10.3 Å². The summed E-state index contributed by atoms with van der Waals surface area (Å²) in [4.78, 5) is 14.6. The summed E-state index contributed by atoms with van der Waals surface area (Å²) in [5.74, 6) is 1.66. The molecule has 0 spiro atoms. The molecule has 1 heterocycles. The van der Waals surface area contributed by atoms with Crippen molar-refractivity contribution < 1.29 is 14.4 Å². The molecule has 0 radical (unpaired) electrons. The summed E-state index contributed by atoms with van der Waals surface area (Å²) in [7, 11) is 1.55. The number of nitro groups is 1. The molecule has 1 aromatic heterocycles. The fraction of sp³-hybridized carbons (Fsp3) is 0.214. The summed E-state index contributed by atoms with van der Waals surface area (Å²) in [6, 6.07) is 9.57. The molecule has 2 rings (SSSR count). The maximum atomic E-state index is 10.9. The van der Waals surface area contributed by atoms with Crippen LogP contribution in [-0.4, -0.2) is 23.6 Å². The number of aromatic nitrogens is 1. The van der Waals surface area contributed by atoms with E-state index in [0.29, 0.717) is 23.9 Å². The minimum atomic E-state index is -0.485. The van der Waals surface area contributed by atoms with Gasteiger partial charge in [-0.05, 0) is 19.1 Å². The van der Waals surface area contributed by atoms with Crippen LogP contribution in [0.5, 0.6) is 17.4 Å². The van der Waals surface area contributed by atoms with Gasteiger partial charge in [0.2, 0.25) is 5.88 Å². The molecular formula is C14H15N3O4. The molecule has 0 amide bonds. The van der Waals surface area contributed by atoms with Crippen LogP contribution in [0.25, 0.3) is 0 Å². The van der Waals surface area contributed by atoms with Crippen molar-refractivity contribution in [1.82, 2.24) is 4.98 Å². The Morgan fingerprint density at radius 3 is 2.71 bits per heavy atom. The van der Waals surface area contributed by atoms with Gasteiger partial charge in [0.1, 0.15) is 17.3 Å². The highest BCUT2D eigenvalue weighted by Crippen LogP contribution is 2.28. The van der Waals surface area contributed by atoms with Crippen molar-refractivity contribution in [2.75, 3.05) is 19.0 Å². The highest BCUT2D eigenvalue weighted by molar-refractivity contribution is 5.49. The average molecular weight is 289 g/mol. The first-order chi connectivity index (χ1) is 10.1. The van der Waals surface area contributed by atoms with Crippen molar-refractivity contribution in [2.45, 2.75) is 6.92 Å². The highest BCUT2D eigenvalue weighted by Gasteiger charge is 2.12. The van der Waals surface area contributed by atoms with Crippen LogP contribution < -0.4 is 14.8 Å². The number of ether oxygens (including phenoxy) is 2. The first kappa shape index (κ1) is 14.6. The number of methoxy groups -OCH3 is 1. The molecule has 21 heavy (non-hydrogen) atoms. The predicted molar refractivity (Wildman–Crippen MR) is 78.1 cm³/mol. The van der Waals surface area contributed by atoms with E-state index in [1.165, 1.54) is 12.1 Å². The average Bonchev–Trinajstić information content (AvgIpc) is 2.47. The number of nitrogens with zero attached hydrogens (tertiary/aromatic N) is 2. The topological polar surface area (TPSA) is 86.5 Å². The quantitative estimate of drug-likeness (QED) is 0.649. The Bertz CT molecular complexity index is 646. The van der Waals surface area contributed by atoms with E-state index in [9.17, 15) is 10.1 Å². The summed E-state index contributed by atoms with van der Waals surface area (Å²) in [6.45, 7) is 2.48. The first-order valence-electron chi connectivity index (χ1n) is 6.34.